The molecule has 0 amide bonds. The van der Waals surface area contributed by atoms with Gasteiger partial charge >= 0.3 is 11.9 Å². The molecule has 2 bridgehead atoms. The zero-order chi connectivity index (χ0) is 27.6. The van der Waals surface area contributed by atoms with E-state index < -0.39 is 23.8 Å². The maximum Gasteiger partial charge on any atom is 0.310 e. The van der Waals surface area contributed by atoms with Gasteiger partial charge in [-0.3, -0.25) is 9.59 Å². The summed E-state index contributed by atoms with van der Waals surface area (Å²) < 4.78 is 12.0. The number of aliphatic carboxylic acids is 1. The highest BCUT2D eigenvalue weighted by molar-refractivity contribution is 5.73. The molecule has 0 aromatic carbocycles. The summed E-state index contributed by atoms with van der Waals surface area (Å²) in [7, 11) is 0. The second-order valence-electron chi connectivity index (χ2n) is 15.2. The molecule has 0 aromatic heterocycles. The zero-order valence-electron chi connectivity index (χ0n) is 24.4. The number of aliphatic hydroxyl groups is 1. The summed E-state index contributed by atoms with van der Waals surface area (Å²) in [5, 5.41) is 21.8. The molecule has 6 heteroatoms. The normalized spacial score (nSPS) is 54.5. The molecule has 7 aliphatic rings. The number of esters is 1. The van der Waals surface area contributed by atoms with Gasteiger partial charge < -0.3 is 19.7 Å². The number of allylic oxidation sites excluding steroid dienone is 2. The van der Waals surface area contributed by atoms with Gasteiger partial charge in [-0.25, -0.2) is 0 Å². The molecule has 0 aromatic rings. The Labute approximate surface area is 227 Å². The number of hydrogen-bond acceptors (Lipinski definition) is 5. The lowest BCUT2D eigenvalue weighted by molar-refractivity contribution is -0.395. The zero-order valence-corrected chi connectivity index (χ0v) is 24.4. The SMILES string of the molecule is CC(=O)O[C@@H]1C(C)[C@H](C)C2C3=CCC4C56CCC(O)(OC5)C(C)(C)C6CC[C@@]4(C)C3(C)CCC2[C@@H]1C(=O)O. The third-order valence-corrected chi connectivity index (χ3v) is 14.1. The summed E-state index contributed by atoms with van der Waals surface area (Å²) >= 11 is 0. The van der Waals surface area contributed by atoms with E-state index in [9.17, 15) is 19.8 Å². The molecule has 12 atom stereocenters. The predicted molar refractivity (Wildman–Crippen MR) is 143 cm³/mol. The van der Waals surface area contributed by atoms with Gasteiger partial charge in [0.15, 0.2) is 5.79 Å². The number of ether oxygens (including phenoxy) is 2. The van der Waals surface area contributed by atoms with Crippen molar-refractivity contribution in [3.8, 4) is 0 Å². The Hall–Kier alpha value is -1.40. The van der Waals surface area contributed by atoms with Crippen molar-refractivity contribution in [2.24, 2.45) is 63.1 Å². The molecule has 6 fully saturated rings. The fourth-order valence-electron chi connectivity index (χ4n) is 11.7. The van der Waals surface area contributed by atoms with Gasteiger partial charge in [0.05, 0.1) is 12.5 Å². The number of hydrogen-bond donors (Lipinski definition) is 2. The van der Waals surface area contributed by atoms with E-state index in [0.29, 0.717) is 24.9 Å². The third kappa shape index (κ3) is 3.03. The van der Waals surface area contributed by atoms with Crippen molar-refractivity contribution in [2.45, 2.75) is 105 Å². The van der Waals surface area contributed by atoms with E-state index in [1.54, 1.807) is 0 Å². The van der Waals surface area contributed by atoms with Crippen molar-refractivity contribution in [1.29, 1.82) is 0 Å². The highest BCUT2D eigenvalue weighted by Crippen LogP contribution is 2.77. The fraction of sp³-hybridized carbons (Fsp3) is 0.875. The minimum Gasteiger partial charge on any atom is -0.481 e. The van der Waals surface area contributed by atoms with Crippen molar-refractivity contribution in [3.63, 3.8) is 0 Å². The van der Waals surface area contributed by atoms with E-state index in [1.165, 1.54) is 12.5 Å². The minimum atomic E-state index is -1.01. The Bertz CT molecular complexity index is 1070. The Morgan fingerprint density at radius 3 is 2.32 bits per heavy atom. The molecule has 212 valence electrons. The third-order valence-electron chi connectivity index (χ3n) is 14.1. The molecular weight excluding hydrogens is 480 g/mol. The lowest BCUT2D eigenvalue weighted by atomic mass is 9.33. The van der Waals surface area contributed by atoms with Crippen molar-refractivity contribution >= 4 is 11.9 Å². The van der Waals surface area contributed by atoms with Crippen LogP contribution in [0.2, 0.25) is 0 Å². The number of fused-ring (bicyclic) bond motifs is 7. The van der Waals surface area contributed by atoms with Gasteiger partial charge in [-0.15, -0.1) is 0 Å². The molecule has 38 heavy (non-hydrogen) atoms. The van der Waals surface area contributed by atoms with Crippen LogP contribution in [0, 0.1) is 63.1 Å². The summed E-state index contributed by atoms with van der Waals surface area (Å²) in [6, 6.07) is 0. The van der Waals surface area contributed by atoms with Crippen molar-refractivity contribution in [1.82, 2.24) is 0 Å². The van der Waals surface area contributed by atoms with Gasteiger partial charge in [0.1, 0.15) is 6.10 Å². The summed E-state index contributed by atoms with van der Waals surface area (Å²) in [6.45, 7) is 15.8. The largest absolute Gasteiger partial charge is 0.481 e. The van der Waals surface area contributed by atoms with Crippen LogP contribution < -0.4 is 0 Å². The first-order chi connectivity index (χ1) is 17.6. The van der Waals surface area contributed by atoms with Gasteiger partial charge in [-0.2, -0.15) is 0 Å². The monoisotopic (exact) mass is 528 g/mol. The van der Waals surface area contributed by atoms with Crippen LogP contribution >= 0.6 is 0 Å². The topological polar surface area (TPSA) is 93.1 Å². The lowest BCUT2D eigenvalue weighted by Gasteiger charge is -2.74. The van der Waals surface area contributed by atoms with E-state index >= 15 is 0 Å². The van der Waals surface area contributed by atoms with Crippen molar-refractivity contribution in [3.05, 3.63) is 11.6 Å². The predicted octanol–water partition coefficient (Wildman–Crippen LogP) is 5.83. The second kappa shape index (κ2) is 8.09. The fourth-order valence-corrected chi connectivity index (χ4v) is 11.7. The Morgan fingerprint density at radius 1 is 1.00 bits per heavy atom. The van der Waals surface area contributed by atoms with Crippen LogP contribution in [-0.4, -0.2) is 40.6 Å². The Kier molecular flexibility index (Phi) is 5.70. The highest BCUT2D eigenvalue weighted by atomic mass is 16.6. The van der Waals surface area contributed by atoms with Crippen molar-refractivity contribution in [2.75, 3.05) is 6.61 Å². The molecule has 0 radical (unpaired) electrons. The van der Waals surface area contributed by atoms with Crippen LogP contribution in [0.1, 0.15) is 93.4 Å². The molecule has 2 aliphatic heterocycles. The molecule has 2 N–H and O–H groups in total. The molecule has 1 spiro atoms. The maximum atomic E-state index is 12.7. The molecule has 8 unspecified atom stereocenters. The molecule has 5 aliphatic carbocycles. The number of carbonyl (C=O) groups is 2. The van der Waals surface area contributed by atoms with Crippen LogP contribution in [0.4, 0.5) is 0 Å². The summed E-state index contributed by atoms with van der Waals surface area (Å²) in [5.74, 6) is -1.56. The molecule has 2 saturated heterocycles. The number of carboxylic acids is 1. The first-order valence-electron chi connectivity index (χ1n) is 15.1. The van der Waals surface area contributed by atoms with E-state index in [2.05, 4.69) is 47.6 Å². The average Bonchev–Trinajstić information content (AvgIpc) is 2.83. The van der Waals surface area contributed by atoms with Gasteiger partial charge in [0.2, 0.25) is 0 Å². The number of carbonyl (C=O) groups excluding carboxylic acids is 1. The summed E-state index contributed by atoms with van der Waals surface area (Å²) in [4.78, 5) is 24.6. The van der Waals surface area contributed by atoms with Crippen LogP contribution in [0.15, 0.2) is 11.6 Å². The molecule has 6 nitrogen and oxygen atoms in total. The van der Waals surface area contributed by atoms with Gasteiger partial charge in [-0.05, 0) is 84.9 Å². The van der Waals surface area contributed by atoms with Crippen LogP contribution in [0.5, 0.6) is 0 Å². The lowest BCUT2D eigenvalue weighted by Crippen LogP contribution is -2.73. The van der Waals surface area contributed by atoms with Crippen LogP contribution in [-0.2, 0) is 19.1 Å². The van der Waals surface area contributed by atoms with E-state index in [4.69, 9.17) is 9.47 Å². The van der Waals surface area contributed by atoms with E-state index in [-0.39, 0.29) is 51.3 Å². The number of rotatable bonds is 2. The van der Waals surface area contributed by atoms with Gasteiger partial charge in [-0.1, -0.05) is 53.2 Å². The quantitative estimate of drug-likeness (QED) is 0.346. The average molecular weight is 529 g/mol. The Balaban J connectivity index is 1.41. The van der Waals surface area contributed by atoms with Crippen molar-refractivity contribution < 1.29 is 29.3 Å². The maximum absolute atomic E-state index is 12.7. The van der Waals surface area contributed by atoms with Gasteiger partial charge in [0.25, 0.3) is 0 Å². The molecule has 4 saturated carbocycles. The van der Waals surface area contributed by atoms with Gasteiger partial charge in [0, 0.05) is 24.2 Å². The van der Waals surface area contributed by atoms with E-state index in [0.717, 1.165) is 38.5 Å². The Morgan fingerprint density at radius 2 is 1.71 bits per heavy atom. The van der Waals surface area contributed by atoms with E-state index in [1.807, 2.05) is 0 Å². The second-order valence-corrected chi connectivity index (χ2v) is 15.2. The highest BCUT2D eigenvalue weighted by Gasteiger charge is 2.74. The standard InChI is InChI=1S/C32H48O6/c1-17-18(2)26(38-19(3)33)25(27(34)35)20-10-12-29(6)21(24(17)20)8-9-23-30(29,7)13-11-22-28(4,5)32(36)15-14-31(22,23)16-37-32/h8,17-18,20,22-26,36H,9-16H2,1-7H3,(H,34,35)/t17-,18?,20?,22?,23?,24?,25-,26+,29?,30+,31?,32?/m0/s1. The number of carboxylic acid groups (broad SMARTS) is 1. The molecule has 7 rings (SSSR count). The van der Waals surface area contributed by atoms with Crippen LogP contribution in [0.3, 0.4) is 0 Å². The first kappa shape index (κ1) is 26.8. The van der Waals surface area contributed by atoms with Crippen LogP contribution in [0.25, 0.3) is 0 Å². The molecular formula is C32H48O6. The molecule has 2 heterocycles. The minimum absolute atomic E-state index is 0.00253. The summed E-state index contributed by atoms with van der Waals surface area (Å²) in [5.41, 5.74) is 1.40. The summed E-state index contributed by atoms with van der Waals surface area (Å²) in [6.07, 6.45) is 8.77. The smallest absolute Gasteiger partial charge is 0.310 e. The first-order valence-corrected chi connectivity index (χ1v) is 15.1.